The molecule has 0 spiro atoms. The molecular weight excluding hydrogens is 244 g/mol. The van der Waals surface area contributed by atoms with Crippen LogP contribution < -0.4 is 4.72 Å². The number of aryl methyl sites for hydroxylation is 2. The third-order valence-electron chi connectivity index (χ3n) is 2.29. The van der Waals surface area contributed by atoms with Crippen LogP contribution in [0.25, 0.3) is 0 Å². The largest absolute Gasteiger partial charge is 0.396 e. The molecule has 0 radical (unpaired) electrons. The first-order valence-electron chi connectivity index (χ1n) is 5.22. The number of aromatic nitrogens is 2. The summed E-state index contributed by atoms with van der Waals surface area (Å²) in [7, 11) is -0.391. The lowest BCUT2D eigenvalue weighted by molar-refractivity contribution is 0.276. The molecule has 7 nitrogen and oxygen atoms in total. The first kappa shape index (κ1) is 13.9. The number of anilines is 1. The van der Waals surface area contributed by atoms with E-state index in [2.05, 4.69) is 9.82 Å². The Morgan fingerprint density at radius 2 is 2.24 bits per heavy atom. The zero-order valence-corrected chi connectivity index (χ0v) is 11.0. The Kier molecular flexibility index (Phi) is 4.49. The van der Waals surface area contributed by atoms with Crippen LogP contribution in [0.5, 0.6) is 0 Å². The average molecular weight is 262 g/mol. The summed E-state index contributed by atoms with van der Waals surface area (Å²) in [6, 6.07) is 0. The van der Waals surface area contributed by atoms with Crippen LogP contribution in [0.1, 0.15) is 12.1 Å². The molecule has 17 heavy (non-hydrogen) atoms. The molecule has 0 fully saturated rings. The Hall–Kier alpha value is -1.12. The van der Waals surface area contributed by atoms with Gasteiger partial charge in [0.25, 0.3) is 0 Å². The van der Waals surface area contributed by atoms with E-state index < -0.39 is 10.2 Å². The van der Waals surface area contributed by atoms with Gasteiger partial charge in [-0.15, -0.1) is 0 Å². The summed E-state index contributed by atoms with van der Waals surface area (Å²) in [5.41, 5.74) is 1.08. The fraction of sp³-hybridized carbons (Fsp3) is 0.667. The Bertz CT molecular complexity index is 469. The van der Waals surface area contributed by atoms with Crippen molar-refractivity contribution in [2.45, 2.75) is 13.3 Å². The molecule has 1 aromatic heterocycles. The highest BCUT2D eigenvalue weighted by molar-refractivity contribution is 7.90. The Balaban J connectivity index is 2.76. The van der Waals surface area contributed by atoms with E-state index in [0.717, 1.165) is 4.31 Å². The molecule has 0 atom stereocenters. The zero-order valence-electron chi connectivity index (χ0n) is 10.2. The van der Waals surface area contributed by atoms with Crippen molar-refractivity contribution in [1.82, 2.24) is 14.1 Å². The van der Waals surface area contributed by atoms with Crippen molar-refractivity contribution in [2.75, 3.05) is 24.9 Å². The van der Waals surface area contributed by atoms with Gasteiger partial charge in [-0.05, 0) is 13.3 Å². The third kappa shape index (κ3) is 3.69. The molecule has 0 aliphatic rings. The van der Waals surface area contributed by atoms with E-state index >= 15 is 0 Å². The lowest BCUT2D eigenvalue weighted by Crippen LogP contribution is -2.33. The molecule has 0 saturated carbocycles. The smallest absolute Gasteiger partial charge is 0.301 e. The van der Waals surface area contributed by atoms with Gasteiger partial charge in [0.15, 0.2) is 0 Å². The molecule has 0 bridgehead atoms. The summed E-state index contributed by atoms with van der Waals surface area (Å²) < 4.78 is 28.9. The van der Waals surface area contributed by atoms with Crippen molar-refractivity contribution in [3.63, 3.8) is 0 Å². The molecule has 0 aromatic carbocycles. The van der Waals surface area contributed by atoms with E-state index in [9.17, 15) is 8.42 Å². The van der Waals surface area contributed by atoms with Crippen LogP contribution in [0.15, 0.2) is 6.20 Å². The second kappa shape index (κ2) is 5.48. The maximum atomic E-state index is 11.9. The summed E-state index contributed by atoms with van der Waals surface area (Å²) in [6.45, 7) is 1.96. The second-order valence-electron chi connectivity index (χ2n) is 3.81. The van der Waals surface area contributed by atoms with Crippen LogP contribution in [0, 0.1) is 6.92 Å². The van der Waals surface area contributed by atoms with E-state index in [1.54, 1.807) is 24.9 Å². The summed E-state index contributed by atoms with van der Waals surface area (Å²) in [4.78, 5) is 0. The minimum atomic E-state index is -3.58. The molecule has 1 rings (SSSR count). The lowest BCUT2D eigenvalue weighted by Gasteiger charge is -2.17. The van der Waals surface area contributed by atoms with Crippen LogP contribution in [0.4, 0.5) is 5.69 Å². The van der Waals surface area contributed by atoms with Crippen LogP contribution >= 0.6 is 0 Å². The molecule has 1 aromatic rings. The number of nitrogens with one attached hydrogen (secondary N) is 1. The lowest BCUT2D eigenvalue weighted by atomic mass is 10.4. The molecule has 1 heterocycles. The minimum Gasteiger partial charge on any atom is -0.396 e. The van der Waals surface area contributed by atoms with Gasteiger partial charge in [-0.25, -0.2) is 0 Å². The average Bonchev–Trinajstić information content (AvgIpc) is 2.53. The fourth-order valence-corrected chi connectivity index (χ4v) is 2.33. The third-order valence-corrected chi connectivity index (χ3v) is 3.77. The van der Waals surface area contributed by atoms with Gasteiger partial charge >= 0.3 is 10.2 Å². The van der Waals surface area contributed by atoms with Crippen LogP contribution in [-0.2, 0) is 17.3 Å². The number of rotatable bonds is 6. The topological polar surface area (TPSA) is 87.5 Å². The van der Waals surface area contributed by atoms with E-state index in [1.165, 1.54) is 7.05 Å². The summed E-state index contributed by atoms with van der Waals surface area (Å²) >= 11 is 0. The first-order chi connectivity index (χ1) is 7.86. The van der Waals surface area contributed by atoms with Gasteiger partial charge < -0.3 is 5.11 Å². The van der Waals surface area contributed by atoms with Crippen molar-refractivity contribution in [2.24, 2.45) is 7.05 Å². The molecule has 0 amide bonds. The van der Waals surface area contributed by atoms with Crippen molar-refractivity contribution in [1.29, 1.82) is 0 Å². The highest BCUT2D eigenvalue weighted by Crippen LogP contribution is 2.14. The first-order valence-corrected chi connectivity index (χ1v) is 6.66. The van der Waals surface area contributed by atoms with Crippen LogP contribution in [0.3, 0.4) is 0 Å². The molecular formula is C9H18N4O3S. The summed E-state index contributed by atoms with van der Waals surface area (Å²) in [5.74, 6) is 0. The van der Waals surface area contributed by atoms with Crippen LogP contribution in [0.2, 0.25) is 0 Å². The van der Waals surface area contributed by atoms with Crippen molar-refractivity contribution < 1.29 is 13.5 Å². The number of nitrogens with zero attached hydrogens (tertiary/aromatic N) is 3. The molecule has 0 aliphatic carbocycles. The number of aliphatic hydroxyl groups excluding tert-OH is 1. The monoisotopic (exact) mass is 262 g/mol. The maximum absolute atomic E-state index is 11.9. The fourth-order valence-electron chi connectivity index (χ4n) is 1.33. The molecule has 2 N–H and O–H groups in total. The van der Waals surface area contributed by atoms with Gasteiger partial charge in [-0.1, -0.05) is 0 Å². The second-order valence-corrected chi connectivity index (χ2v) is 5.59. The van der Waals surface area contributed by atoms with E-state index in [1.807, 2.05) is 0 Å². The zero-order chi connectivity index (χ0) is 13.1. The predicted molar refractivity (Wildman–Crippen MR) is 64.8 cm³/mol. The standard InChI is InChI=1S/C9H18N4O3S/c1-8-9(7-12(2)10-8)11-17(15,16)13(3)5-4-6-14/h7,11,14H,4-6H2,1-3H3. The normalized spacial score (nSPS) is 12.1. The number of hydrogen-bond donors (Lipinski definition) is 2. The Labute approximate surface area is 101 Å². The number of aliphatic hydroxyl groups is 1. The summed E-state index contributed by atoms with van der Waals surface area (Å²) in [6.07, 6.45) is 2.01. The van der Waals surface area contributed by atoms with E-state index in [4.69, 9.17) is 5.11 Å². The molecule has 0 aliphatic heterocycles. The Morgan fingerprint density at radius 1 is 1.59 bits per heavy atom. The van der Waals surface area contributed by atoms with Gasteiger partial charge in [0.1, 0.15) is 0 Å². The van der Waals surface area contributed by atoms with Crippen molar-refractivity contribution in [3.05, 3.63) is 11.9 Å². The molecule has 8 heteroatoms. The van der Waals surface area contributed by atoms with Gasteiger partial charge in [-0.2, -0.15) is 17.8 Å². The Morgan fingerprint density at radius 3 is 2.71 bits per heavy atom. The SMILES string of the molecule is Cc1nn(C)cc1NS(=O)(=O)N(C)CCCO. The minimum absolute atomic E-state index is 0.0359. The summed E-state index contributed by atoms with van der Waals surface area (Å²) in [5, 5.41) is 12.7. The highest BCUT2D eigenvalue weighted by atomic mass is 32.2. The van der Waals surface area contributed by atoms with E-state index in [-0.39, 0.29) is 13.2 Å². The maximum Gasteiger partial charge on any atom is 0.301 e. The van der Waals surface area contributed by atoms with Crippen LogP contribution in [-0.4, -0.2) is 47.8 Å². The van der Waals surface area contributed by atoms with Crippen molar-refractivity contribution in [3.8, 4) is 0 Å². The molecule has 98 valence electrons. The molecule has 0 unspecified atom stereocenters. The van der Waals surface area contributed by atoms with Crippen molar-refractivity contribution >= 4 is 15.9 Å². The van der Waals surface area contributed by atoms with Gasteiger partial charge in [0.2, 0.25) is 0 Å². The van der Waals surface area contributed by atoms with Gasteiger partial charge in [0.05, 0.1) is 11.4 Å². The number of hydrogen-bond acceptors (Lipinski definition) is 4. The molecule has 0 saturated heterocycles. The van der Waals surface area contributed by atoms with Gasteiger partial charge in [-0.3, -0.25) is 9.40 Å². The van der Waals surface area contributed by atoms with E-state index in [0.29, 0.717) is 17.8 Å². The van der Waals surface area contributed by atoms with Gasteiger partial charge in [0, 0.05) is 33.4 Å². The highest BCUT2D eigenvalue weighted by Gasteiger charge is 2.18. The predicted octanol–water partition coefficient (Wildman–Crippen LogP) is -0.301. The quantitative estimate of drug-likeness (QED) is 0.737.